The molecule has 2 fully saturated rings. The second kappa shape index (κ2) is 7.96. The quantitative estimate of drug-likeness (QED) is 0.811. The Morgan fingerprint density at radius 1 is 1.00 bits per heavy atom. The molecule has 2 aromatic rings. The van der Waals surface area contributed by atoms with Gasteiger partial charge in [-0.05, 0) is 17.7 Å². The fourth-order valence-electron chi connectivity index (χ4n) is 3.91. The molecule has 1 aromatic heterocycles. The molecule has 2 aliphatic heterocycles. The van der Waals surface area contributed by atoms with Crippen molar-refractivity contribution in [3.8, 4) is 0 Å². The zero-order chi connectivity index (χ0) is 18.6. The predicted octanol–water partition coefficient (Wildman–Crippen LogP) is 1.97. The maximum Gasteiger partial charge on any atom is 0.228 e. The Bertz CT molecular complexity index is 767. The van der Waals surface area contributed by atoms with Crippen LogP contribution in [0, 0.1) is 5.92 Å². The summed E-state index contributed by atoms with van der Waals surface area (Å²) in [6.07, 6.45) is 1.91. The highest BCUT2D eigenvalue weighted by Crippen LogP contribution is 2.23. The lowest BCUT2D eigenvalue weighted by Crippen LogP contribution is -2.50. The Hall–Kier alpha value is -2.60. The van der Waals surface area contributed by atoms with Crippen molar-refractivity contribution in [2.45, 2.75) is 19.5 Å². The minimum absolute atomic E-state index is 0.0347. The predicted molar refractivity (Wildman–Crippen MR) is 101 cm³/mol. The third-order valence-corrected chi connectivity index (χ3v) is 5.42. The van der Waals surface area contributed by atoms with Gasteiger partial charge in [-0.25, -0.2) is 0 Å². The molecule has 0 aliphatic carbocycles. The summed E-state index contributed by atoms with van der Waals surface area (Å²) in [7, 11) is 0. The van der Waals surface area contributed by atoms with Crippen molar-refractivity contribution in [1.29, 1.82) is 0 Å². The van der Waals surface area contributed by atoms with Crippen molar-refractivity contribution in [1.82, 2.24) is 14.7 Å². The van der Waals surface area contributed by atoms with Gasteiger partial charge in [0.1, 0.15) is 5.76 Å². The third kappa shape index (κ3) is 4.22. The Morgan fingerprint density at radius 2 is 1.78 bits per heavy atom. The Labute approximate surface area is 159 Å². The first kappa shape index (κ1) is 17.8. The molecule has 0 bridgehead atoms. The molecule has 1 atom stereocenters. The Kier molecular flexibility index (Phi) is 5.25. The minimum Gasteiger partial charge on any atom is -0.467 e. The summed E-state index contributed by atoms with van der Waals surface area (Å²) in [4.78, 5) is 31.2. The average molecular weight is 367 g/mol. The van der Waals surface area contributed by atoms with Gasteiger partial charge >= 0.3 is 0 Å². The van der Waals surface area contributed by atoms with Crippen molar-refractivity contribution in [2.24, 2.45) is 5.92 Å². The number of amides is 2. The average Bonchev–Trinajstić information content (AvgIpc) is 3.33. The number of rotatable bonds is 5. The van der Waals surface area contributed by atoms with E-state index in [1.807, 2.05) is 23.1 Å². The smallest absolute Gasteiger partial charge is 0.228 e. The van der Waals surface area contributed by atoms with Crippen LogP contribution in [0.25, 0.3) is 0 Å². The van der Waals surface area contributed by atoms with Gasteiger partial charge in [-0.2, -0.15) is 0 Å². The Balaban J connectivity index is 1.27. The summed E-state index contributed by atoms with van der Waals surface area (Å²) in [5.41, 5.74) is 1.30. The van der Waals surface area contributed by atoms with Crippen molar-refractivity contribution in [3.63, 3.8) is 0 Å². The summed E-state index contributed by atoms with van der Waals surface area (Å²) >= 11 is 0. The monoisotopic (exact) mass is 367 g/mol. The van der Waals surface area contributed by atoms with Gasteiger partial charge in [-0.15, -0.1) is 0 Å². The fraction of sp³-hybridized carbons (Fsp3) is 0.429. The molecule has 27 heavy (non-hydrogen) atoms. The number of carbonyl (C=O) groups excluding carboxylic acids is 2. The maximum atomic E-state index is 12.9. The van der Waals surface area contributed by atoms with E-state index in [2.05, 4.69) is 29.2 Å². The van der Waals surface area contributed by atoms with Crippen LogP contribution in [-0.4, -0.2) is 59.2 Å². The first-order valence-electron chi connectivity index (χ1n) is 9.54. The number of benzene rings is 1. The summed E-state index contributed by atoms with van der Waals surface area (Å²) in [6, 6.07) is 14.1. The van der Waals surface area contributed by atoms with Gasteiger partial charge in [0.2, 0.25) is 11.8 Å². The lowest BCUT2D eigenvalue weighted by Gasteiger charge is -2.35. The van der Waals surface area contributed by atoms with E-state index < -0.39 is 0 Å². The van der Waals surface area contributed by atoms with Crippen molar-refractivity contribution < 1.29 is 14.0 Å². The minimum atomic E-state index is -0.229. The molecule has 2 aliphatic rings. The molecule has 1 aromatic carbocycles. The van der Waals surface area contributed by atoms with Gasteiger partial charge in [0.05, 0.1) is 18.7 Å². The Morgan fingerprint density at radius 3 is 2.48 bits per heavy atom. The van der Waals surface area contributed by atoms with Gasteiger partial charge in [-0.3, -0.25) is 14.5 Å². The highest BCUT2D eigenvalue weighted by Gasteiger charge is 2.37. The number of furan rings is 1. The first-order valence-corrected chi connectivity index (χ1v) is 9.54. The highest BCUT2D eigenvalue weighted by molar-refractivity contribution is 5.89. The highest BCUT2D eigenvalue weighted by atomic mass is 16.3. The number of piperazine rings is 1. The number of hydrogen-bond donors (Lipinski definition) is 0. The van der Waals surface area contributed by atoms with E-state index in [1.54, 1.807) is 11.2 Å². The van der Waals surface area contributed by atoms with Crippen LogP contribution in [0.4, 0.5) is 0 Å². The van der Waals surface area contributed by atoms with Gasteiger partial charge in [0, 0.05) is 45.7 Å². The lowest BCUT2D eigenvalue weighted by atomic mass is 10.1. The van der Waals surface area contributed by atoms with Gasteiger partial charge in [0.15, 0.2) is 0 Å². The van der Waals surface area contributed by atoms with Crippen molar-refractivity contribution >= 4 is 11.8 Å². The van der Waals surface area contributed by atoms with Crippen LogP contribution >= 0.6 is 0 Å². The second-order valence-electron chi connectivity index (χ2n) is 7.34. The van der Waals surface area contributed by atoms with E-state index in [1.165, 1.54) is 5.56 Å². The van der Waals surface area contributed by atoms with Crippen LogP contribution in [0.1, 0.15) is 17.7 Å². The standard InChI is InChI=1S/C21H25N3O3/c25-20-13-18(15-24(20)16-19-7-4-12-27-19)21(26)23-10-8-22(9-11-23)14-17-5-2-1-3-6-17/h1-7,12,18H,8-11,13-16H2/t18-/m0/s1. The molecular formula is C21H25N3O3. The molecule has 0 unspecified atom stereocenters. The molecule has 3 heterocycles. The molecule has 2 saturated heterocycles. The van der Waals surface area contributed by atoms with Crippen LogP contribution in [0.15, 0.2) is 53.1 Å². The molecule has 4 rings (SSSR count). The van der Waals surface area contributed by atoms with E-state index in [-0.39, 0.29) is 17.7 Å². The molecular weight excluding hydrogens is 342 g/mol. The fourth-order valence-corrected chi connectivity index (χ4v) is 3.91. The van der Waals surface area contributed by atoms with Crippen LogP contribution in [0.2, 0.25) is 0 Å². The van der Waals surface area contributed by atoms with Crippen LogP contribution in [0.5, 0.6) is 0 Å². The number of likely N-dealkylation sites (tertiary alicyclic amines) is 1. The summed E-state index contributed by atoms with van der Waals surface area (Å²) in [5, 5.41) is 0. The SMILES string of the molecule is O=C1C[C@H](C(=O)N2CCN(Cc3ccccc3)CC2)CN1Cc1ccco1. The number of nitrogens with zero attached hydrogens (tertiary/aromatic N) is 3. The van der Waals surface area contributed by atoms with Crippen molar-refractivity contribution in [3.05, 3.63) is 60.1 Å². The molecule has 2 amide bonds. The largest absolute Gasteiger partial charge is 0.467 e. The number of carbonyl (C=O) groups is 2. The summed E-state index contributed by atoms with van der Waals surface area (Å²) in [5.74, 6) is 0.677. The van der Waals surface area contributed by atoms with E-state index in [0.717, 1.165) is 38.5 Å². The van der Waals surface area contributed by atoms with Crippen molar-refractivity contribution in [2.75, 3.05) is 32.7 Å². The molecule has 0 spiro atoms. The summed E-state index contributed by atoms with van der Waals surface area (Å²) < 4.78 is 5.32. The molecule has 142 valence electrons. The number of hydrogen-bond acceptors (Lipinski definition) is 4. The van der Waals surface area contributed by atoms with Crippen LogP contribution in [-0.2, 0) is 22.7 Å². The van der Waals surface area contributed by atoms with E-state index >= 15 is 0 Å². The molecule has 0 radical (unpaired) electrons. The maximum absolute atomic E-state index is 12.9. The van der Waals surface area contributed by atoms with E-state index in [9.17, 15) is 9.59 Å². The molecule has 6 heteroatoms. The van der Waals surface area contributed by atoms with Crippen LogP contribution in [0.3, 0.4) is 0 Å². The summed E-state index contributed by atoms with van der Waals surface area (Å²) in [6.45, 7) is 5.06. The van der Waals surface area contributed by atoms with Gasteiger partial charge < -0.3 is 14.2 Å². The van der Waals surface area contributed by atoms with E-state index in [0.29, 0.717) is 19.5 Å². The normalized spacial score (nSPS) is 21.0. The third-order valence-electron chi connectivity index (χ3n) is 5.42. The molecule has 6 nitrogen and oxygen atoms in total. The van der Waals surface area contributed by atoms with Gasteiger partial charge in [0.25, 0.3) is 0 Å². The topological polar surface area (TPSA) is 57.0 Å². The molecule has 0 N–H and O–H groups in total. The van der Waals surface area contributed by atoms with E-state index in [4.69, 9.17) is 4.42 Å². The molecule has 0 saturated carbocycles. The second-order valence-corrected chi connectivity index (χ2v) is 7.34. The lowest BCUT2D eigenvalue weighted by molar-refractivity contribution is -0.137. The zero-order valence-electron chi connectivity index (χ0n) is 15.4. The zero-order valence-corrected chi connectivity index (χ0v) is 15.4. The van der Waals surface area contributed by atoms with Crippen LogP contribution < -0.4 is 0 Å². The first-order chi connectivity index (χ1) is 13.2. The van der Waals surface area contributed by atoms with Gasteiger partial charge in [-0.1, -0.05) is 30.3 Å².